The van der Waals surface area contributed by atoms with Gasteiger partial charge in [-0.2, -0.15) is 13.4 Å². The van der Waals surface area contributed by atoms with Crippen LogP contribution in [-0.4, -0.2) is 31.1 Å². The maximum Gasteiger partial charge on any atom is 0.422 e. The number of aromatic nitrogens is 2. The highest BCUT2D eigenvalue weighted by Gasteiger charge is 2.16. The smallest absolute Gasteiger partial charge is 0.422 e. The highest BCUT2D eigenvalue weighted by Crippen LogP contribution is 2.14. The molecule has 1 amide bonds. The van der Waals surface area contributed by atoms with Crippen LogP contribution in [0.2, 0.25) is 10.4 Å². The standard InChI is InChI=1S/C7H8Cl2N4O4S/c1-2-17-7(14)13-18(15,16)12-5-3-4(8)10-6(9)11-5/h3H,2H2,1H3,(H,13,14)(H,10,11,12). The predicted octanol–water partition coefficient (Wildman–Crippen LogP) is 1.19. The topological polar surface area (TPSA) is 110 Å². The van der Waals surface area contributed by atoms with Gasteiger partial charge in [-0.3, -0.25) is 0 Å². The van der Waals surface area contributed by atoms with Gasteiger partial charge in [-0.1, -0.05) is 11.6 Å². The zero-order chi connectivity index (χ0) is 13.8. The molecule has 0 saturated heterocycles. The Bertz CT molecular complexity index is 530. The van der Waals surface area contributed by atoms with Crippen LogP contribution >= 0.6 is 23.2 Å². The number of nitrogens with one attached hydrogen (secondary N) is 2. The maximum absolute atomic E-state index is 11.4. The van der Waals surface area contributed by atoms with Crippen LogP contribution < -0.4 is 9.44 Å². The van der Waals surface area contributed by atoms with Crippen molar-refractivity contribution in [1.82, 2.24) is 14.7 Å². The number of rotatable bonds is 4. The number of hydrogen-bond acceptors (Lipinski definition) is 6. The molecule has 0 aromatic carbocycles. The molecule has 0 radical (unpaired) electrons. The van der Waals surface area contributed by atoms with Crippen molar-refractivity contribution in [2.75, 3.05) is 11.3 Å². The Balaban J connectivity index is 2.79. The SMILES string of the molecule is CCOC(=O)NS(=O)(=O)Nc1cc(Cl)nc(Cl)n1. The van der Waals surface area contributed by atoms with Crippen molar-refractivity contribution in [3.05, 3.63) is 16.5 Å². The molecule has 0 unspecified atom stereocenters. The van der Waals surface area contributed by atoms with E-state index >= 15 is 0 Å². The largest absolute Gasteiger partial charge is 0.449 e. The second-order valence-corrected chi connectivity index (χ2v) is 4.91. The summed E-state index contributed by atoms with van der Waals surface area (Å²) >= 11 is 11.0. The Morgan fingerprint density at radius 1 is 1.44 bits per heavy atom. The minimum Gasteiger partial charge on any atom is -0.449 e. The van der Waals surface area contributed by atoms with E-state index in [0.717, 1.165) is 6.07 Å². The lowest BCUT2D eigenvalue weighted by molar-refractivity contribution is 0.159. The molecule has 0 atom stereocenters. The number of hydrogen-bond donors (Lipinski definition) is 2. The van der Waals surface area contributed by atoms with Gasteiger partial charge in [0.1, 0.15) is 11.0 Å². The van der Waals surface area contributed by atoms with Gasteiger partial charge in [-0.05, 0) is 18.5 Å². The van der Waals surface area contributed by atoms with E-state index in [2.05, 4.69) is 14.7 Å². The molecule has 0 saturated carbocycles. The number of halogens is 2. The van der Waals surface area contributed by atoms with Gasteiger partial charge in [0, 0.05) is 6.07 Å². The van der Waals surface area contributed by atoms with Crippen molar-refractivity contribution in [2.45, 2.75) is 6.92 Å². The minimum atomic E-state index is -4.17. The van der Waals surface area contributed by atoms with Gasteiger partial charge in [0.05, 0.1) is 6.61 Å². The summed E-state index contributed by atoms with van der Waals surface area (Å²) in [5.41, 5.74) is 0. The van der Waals surface area contributed by atoms with Crippen LogP contribution in [0, 0.1) is 0 Å². The lowest BCUT2D eigenvalue weighted by atomic mass is 10.6. The van der Waals surface area contributed by atoms with E-state index in [0.29, 0.717) is 0 Å². The summed E-state index contributed by atoms with van der Waals surface area (Å²) in [6.07, 6.45) is -1.11. The second-order valence-electron chi connectivity index (χ2n) is 2.77. The molecule has 1 rings (SSSR count). The first-order valence-electron chi connectivity index (χ1n) is 4.50. The first-order valence-corrected chi connectivity index (χ1v) is 6.73. The van der Waals surface area contributed by atoms with Crippen molar-refractivity contribution in [3.63, 3.8) is 0 Å². The summed E-state index contributed by atoms with van der Waals surface area (Å²) in [5, 5.41) is -0.292. The molecular formula is C7H8Cl2N4O4S. The van der Waals surface area contributed by atoms with Gasteiger partial charge in [-0.15, -0.1) is 0 Å². The Labute approximate surface area is 113 Å². The quantitative estimate of drug-likeness (QED) is 0.638. The third-order valence-corrected chi connectivity index (χ3v) is 2.68. The highest BCUT2D eigenvalue weighted by atomic mass is 35.5. The van der Waals surface area contributed by atoms with E-state index in [-0.39, 0.29) is 22.9 Å². The van der Waals surface area contributed by atoms with Crippen molar-refractivity contribution in [2.24, 2.45) is 0 Å². The lowest BCUT2D eigenvalue weighted by Crippen LogP contribution is -2.36. The fourth-order valence-electron chi connectivity index (χ4n) is 0.876. The molecule has 1 aromatic heterocycles. The minimum absolute atomic E-state index is 0.0342. The summed E-state index contributed by atoms with van der Waals surface area (Å²) < 4.78 is 30.8. The zero-order valence-corrected chi connectivity index (χ0v) is 11.3. The van der Waals surface area contributed by atoms with Crippen molar-refractivity contribution >= 4 is 45.3 Å². The van der Waals surface area contributed by atoms with E-state index < -0.39 is 16.3 Å². The summed E-state index contributed by atoms with van der Waals surface area (Å²) in [5.74, 6) is -0.184. The van der Waals surface area contributed by atoms with E-state index in [9.17, 15) is 13.2 Å². The predicted molar refractivity (Wildman–Crippen MR) is 64.8 cm³/mol. The fraction of sp³-hybridized carbons (Fsp3) is 0.286. The number of nitrogens with zero attached hydrogens (tertiary/aromatic N) is 2. The van der Waals surface area contributed by atoms with Gasteiger partial charge in [-0.25, -0.2) is 19.2 Å². The van der Waals surface area contributed by atoms with Gasteiger partial charge in [0.15, 0.2) is 0 Å². The third kappa shape index (κ3) is 4.90. The van der Waals surface area contributed by atoms with Crippen molar-refractivity contribution in [3.8, 4) is 0 Å². The lowest BCUT2D eigenvalue weighted by Gasteiger charge is -2.08. The van der Waals surface area contributed by atoms with E-state index in [1.54, 1.807) is 4.72 Å². The van der Waals surface area contributed by atoms with Gasteiger partial charge < -0.3 is 4.74 Å². The maximum atomic E-state index is 11.4. The molecule has 0 aliphatic heterocycles. The molecule has 0 spiro atoms. The van der Waals surface area contributed by atoms with Crippen LogP contribution in [-0.2, 0) is 14.9 Å². The molecule has 1 heterocycles. The zero-order valence-electron chi connectivity index (χ0n) is 8.98. The molecule has 18 heavy (non-hydrogen) atoms. The number of ether oxygens (including phenoxy) is 1. The molecule has 100 valence electrons. The van der Waals surface area contributed by atoms with E-state index in [4.69, 9.17) is 23.2 Å². The van der Waals surface area contributed by atoms with E-state index in [1.807, 2.05) is 4.72 Å². The third-order valence-electron chi connectivity index (χ3n) is 1.40. The van der Waals surface area contributed by atoms with Crippen molar-refractivity contribution in [1.29, 1.82) is 0 Å². The molecule has 0 aliphatic carbocycles. The first-order chi connectivity index (χ1) is 8.32. The van der Waals surface area contributed by atoms with Gasteiger partial charge in [0.25, 0.3) is 0 Å². The molecule has 0 fully saturated rings. The normalized spacial score (nSPS) is 10.8. The number of carbonyl (C=O) groups is 1. The van der Waals surface area contributed by atoms with Gasteiger partial charge >= 0.3 is 16.3 Å². The molecule has 0 aliphatic rings. The summed E-state index contributed by atoms with van der Waals surface area (Å²) in [4.78, 5) is 18.0. The Kier molecular flexibility index (Phi) is 4.93. The summed E-state index contributed by atoms with van der Waals surface area (Å²) in [6, 6.07) is 1.12. The van der Waals surface area contributed by atoms with Crippen LogP contribution in [0.4, 0.5) is 10.6 Å². The van der Waals surface area contributed by atoms with Crippen LogP contribution in [0.25, 0.3) is 0 Å². The van der Waals surface area contributed by atoms with Crippen LogP contribution in [0.15, 0.2) is 6.07 Å². The fourth-order valence-corrected chi connectivity index (χ4v) is 1.99. The first kappa shape index (κ1) is 14.7. The second kappa shape index (κ2) is 6.03. The number of anilines is 1. The number of amides is 1. The van der Waals surface area contributed by atoms with Crippen LogP contribution in [0.3, 0.4) is 0 Å². The Morgan fingerprint density at radius 2 is 2.11 bits per heavy atom. The average Bonchev–Trinajstić information content (AvgIpc) is 2.13. The van der Waals surface area contributed by atoms with Crippen LogP contribution in [0.1, 0.15) is 6.92 Å². The average molecular weight is 315 g/mol. The molecular weight excluding hydrogens is 307 g/mol. The molecule has 2 N–H and O–H groups in total. The number of carbonyl (C=O) groups excluding carboxylic acids is 1. The van der Waals surface area contributed by atoms with Gasteiger partial charge in [0.2, 0.25) is 5.28 Å². The van der Waals surface area contributed by atoms with E-state index in [1.165, 1.54) is 6.92 Å². The monoisotopic (exact) mass is 314 g/mol. The Hall–Kier alpha value is -1.32. The summed E-state index contributed by atoms with van der Waals surface area (Å²) in [7, 11) is -4.17. The molecule has 11 heteroatoms. The summed E-state index contributed by atoms with van der Waals surface area (Å²) in [6.45, 7) is 1.57. The molecule has 8 nitrogen and oxygen atoms in total. The highest BCUT2D eigenvalue weighted by molar-refractivity contribution is 7.91. The van der Waals surface area contributed by atoms with Crippen molar-refractivity contribution < 1.29 is 17.9 Å². The molecule has 0 bridgehead atoms. The van der Waals surface area contributed by atoms with Crippen LogP contribution in [0.5, 0.6) is 0 Å². The Morgan fingerprint density at radius 3 is 2.67 bits per heavy atom. The molecule has 1 aromatic rings.